The summed E-state index contributed by atoms with van der Waals surface area (Å²) in [5, 5.41) is 12.5. The SMILES string of the molecule is COc1cc(I)c(C(=O)NCC(O)c2ccc(F)cc2F)cc1OC. The van der Waals surface area contributed by atoms with Gasteiger partial charge in [-0.3, -0.25) is 4.79 Å². The van der Waals surface area contributed by atoms with Gasteiger partial charge in [0.1, 0.15) is 11.6 Å². The molecule has 0 heterocycles. The molecule has 0 saturated carbocycles. The number of nitrogens with one attached hydrogen (secondary N) is 1. The zero-order valence-corrected chi connectivity index (χ0v) is 15.6. The number of aliphatic hydroxyl groups is 1. The molecule has 1 atom stereocenters. The molecular formula is C17H16F2INO4. The van der Waals surface area contributed by atoms with Crippen LogP contribution >= 0.6 is 22.6 Å². The second-order valence-corrected chi connectivity index (χ2v) is 6.24. The highest BCUT2D eigenvalue weighted by molar-refractivity contribution is 14.1. The Morgan fingerprint density at radius 3 is 2.44 bits per heavy atom. The van der Waals surface area contributed by atoms with Gasteiger partial charge in [0.05, 0.1) is 25.9 Å². The van der Waals surface area contributed by atoms with E-state index in [9.17, 15) is 18.7 Å². The van der Waals surface area contributed by atoms with Crippen LogP contribution in [0.2, 0.25) is 0 Å². The summed E-state index contributed by atoms with van der Waals surface area (Å²) in [6, 6.07) is 6.02. The Hall–Kier alpha value is -1.94. The number of carbonyl (C=O) groups is 1. The van der Waals surface area contributed by atoms with Crippen LogP contribution in [0.3, 0.4) is 0 Å². The summed E-state index contributed by atoms with van der Waals surface area (Å²) in [5.41, 5.74) is 0.230. The highest BCUT2D eigenvalue weighted by atomic mass is 127. The first-order valence-electron chi connectivity index (χ1n) is 7.20. The molecule has 134 valence electrons. The molecular weight excluding hydrogens is 447 g/mol. The molecule has 25 heavy (non-hydrogen) atoms. The molecule has 2 N–H and O–H groups in total. The lowest BCUT2D eigenvalue weighted by Crippen LogP contribution is -2.29. The molecule has 0 radical (unpaired) electrons. The van der Waals surface area contributed by atoms with Crippen LogP contribution < -0.4 is 14.8 Å². The molecule has 5 nitrogen and oxygen atoms in total. The quantitative estimate of drug-likeness (QED) is 0.647. The third kappa shape index (κ3) is 4.57. The van der Waals surface area contributed by atoms with Crippen molar-refractivity contribution in [1.29, 1.82) is 0 Å². The number of amides is 1. The van der Waals surface area contributed by atoms with Crippen LogP contribution in [0, 0.1) is 15.2 Å². The summed E-state index contributed by atoms with van der Waals surface area (Å²) >= 11 is 1.97. The highest BCUT2D eigenvalue weighted by Gasteiger charge is 2.18. The van der Waals surface area contributed by atoms with E-state index in [4.69, 9.17) is 9.47 Å². The number of rotatable bonds is 6. The summed E-state index contributed by atoms with van der Waals surface area (Å²) in [6.07, 6.45) is -1.30. The van der Waals surface area contributed by atoms with Crippen molar-refractivity contribution in [2.24, 2.45) is 0 Å². The van der Waals surface area contributed by atoms with Gasteiger partial charge in [-0.05, 0) is 40.8 Å². The Morgan fingerprint density at radius 2 is 1.84 bits per heavy atom. The summed E-state index contributed by atoms with van der Waals surface area (Å²) in [4.78, 5) is 12.3. The summed E-state index contributed by atoms with van der Waals surface area (Å²) in [6.45, 7) is -0.230. The maximum absolute atomic E-state index is 13.7. The predicted molar refractivity (Wildman–Crippen MR) is 95.9 cm³/mol. The number of carbonyl (C=O) groups excluding carboxylic acids is 1. The summed E-state index contributed by atoms with van der Waals surface area (Å²) in [7, 11) is 2.94. The van der Waals surface area contributed by atoms with Crippen LogP contribution in [0.15, 0.2) is 30.3 Å². The van der Waals surface area contributed by atoms with Crippen LogP contribution in [0.1, 0.15) is 22.0 Å². The predicted octanol–water partition coefficient (Wildman–Crippen LogP) is 3.05. The Bertz CT molecular complexity index is 785. The lowest BCUT2D eigenvalue weighted by molar-refractivity contribution is 0.0912. The molecule has 0 fully saturated rings. The number of methoxy groups -OCH3 is 2. The average Bonchev–Trinajstić information content (AvgIpc) is 2.59. The monoisotopic (exact) mass is 463 g/mol. The fourth-order valence-electron chi connectivity index (χ4n) is 2.19. The Balaban J connectivity index is 2.12. The van der Waals surface area contributed by atoms with E-state index in [2.05, 4.69) is 5.32 Å². The summed E-state index contributed by atoms with van der Waals surface area (Å²) < 4.78 is 37.5. The molecule has 0 saturated heterocycles. The zero-order valence-electron chi connectivity index (χ0n) is 13.5. The molecule has 0 aromatic heterocycles. The second kappa shape index (κ2) is 8.43. The average molecular weight is 463 g/mol. The first-order valence-corrected chi connectivity index (χ1v) is 8.28. The molecule has 2 rings (SSSR count). The van der Waals surface area contributed by atoms with E-state index in [-0.39, 0.29) is 12.1 Å². The van der Waals surface area contributed by atoms with E-state index in [0.29, 0.717) is 26.7 Å². The van der Waals surface area contributed by atoms with Crippen LogP contribution in [0.5, 0.6) is 11.5 Å². The van der Waals surface area contributed by atoms with Gasteiger partial charge in [-0.15, -0.1) is 0 Å². The van der Waals surface area contributed by atoms with Crippen molar-refractivity contribution in [1.82, 2.24) is 5.32 Å². The molecule has 2 aromatic rings. The van der Waals surface area contributed by atoms with E-state index >= 15 is 0 Å². The van der Waals surface area contributed by atoms with Crippen molar-refractivity contribution < 1.29 is 28.2 Å². The number of halogens is 3. The van der Waals surface area contributed by atoms with Gasteiger partial charge in [0.2, 0.25) is 0 Å². The van der Waals surface area contributed by atoms with Crippen molar-refractivity contribution in [3.8, 4) is 11.5 Å². The zero-order chi connectivity index (χ0) is 18.6. The van der Waals surface area contributed by atoms with Crippen LogP contribution in [0.25, 0.3) is 0 Å². The molecule has 0 bridgehead atoms. The van der Waals surface area contributed by atoms with Gasteiger partial charge in [0.15, 0.2) is 11.5 Å². The van der Waals surface area contributed by atoms with E-state index in [1.807, 2.05) is 22.6 Å². The summed E-state index contributed by atoms with van der Waals surface area (Å²) in [5.74, 6) is -1.21. The minimum Gasteiger partial charge on any atom is -0.493 e. The van der Waals surface area contributed by atoms with E-state index in [1.165, 1.54) is 20.3 Å². The molecule has 1 unspecified atom stereocenters. The van der Waals surface area contributed by atoms with Crippen LogP contribution in [-0.4, -0.2) is 31.8 Å². The number of hydrogen-bond donors (Lipinski definition) is 2. The lowest BCUT2D eigenvalue weighted by Gasteiger charge is -2.15. The normalized spacial score (nSPS) is 11.8. The molecule has 0 aliphatic heterocycles. The molecule has 0 aliphatic carbocycles. The Kier molecular flexibility index (Phi) is 6.54. The Morgan fingerprint density at radius 1 is 1.20 bits per heavy atom. The van der Waals surface area contributed by atoms with Crippen molar-refractivity contribution in [3.63, 3.8) is 0 Å². The molecule has 0 spiro atoms. The van der Waals surface area contributed by atoms with Crippen molar-refractivity contribution in [2.75, 3.05) is 20.8 Å². The van der Waals surface area contributed by atoms with E-state index < -0.39 is 23.6 Å². The van der Waals surface area contributed by atoms with Crippen molar-refractivity contribution in [3.05, 3.63) is 56.7 Å². The molecule has 1 amide bonds. The number of benzene rings is 2. The smallest absolute Gasteiger partial charge is 0.252 e. The first kappa shape index (κ1) is 19.4. The van der Waals surface area contributed by atoms with Gasteiger partial charge in [-0.1, -0.05) is 6.07 Å². The van der Waals surface area contributed by atoms with Gasteiger partial charge in [-0.2, -0.15) is 0 Å². The number of aliphatic hydroxyl groups excluding tert-OH is 1. The minimum atomic E-state index is -1.30. The fraction of sp³-hybridized carbons (Fsp3) is 0.235. The van der Waals surface area contributed by atoms with Gasteiger partial charge in [0.25, 0.3) is 5.91 Å². The fourth-order valence-corrected chi connectivity index (χ4v) is 2.88. The van der Waals surface area contributed by atoms with Gasteiger partial charge in [-0.25, -0.2) is 8.78 Å². The maximum Gasteiger partial charge on any atom is 0.252 e. The van der Waals surface area contributed by atoms with Gasteiger partial charge < -0.3 is 19.9 Å². The standard InChI is InChI=1S/C17H16F2INO4/c1-24-15-6-11(13(20)7-16(15)25-2)17(23)21-8-14(22)10-4-3-9(18)5-12(10)19/h3-7,14,22H,8H2,1-2H3,(H,21,23). The van der Waals surface area contributed by atoms with E-state index in [1.54, 1.807) is 6.07 Å². The van der Waals surface area contributed by atoms with Gasteiger partial charge >= 0.3 is 0 Å². The van der Waals surface area contributed by atoms with Crippen LogP contribution in [-0.2, 0) is 0 Å². The third-order valence-electron chi connectivity index (χ3n) is 3.50. The number of hydrogen-bond acceptors (Lipinski definition) is 4. The Labute approximate surface area is 157 Å². The topological polar surface area (TPSA) is 67.8 Å². The van der Waals surface area contributed by atoms with E-state index in [0.717, 1.165) is 12.1 Å². The minimum absolute atomic E-state index is 0.0938. The molecule has 0 aliphatic rings. The highest BCUT2D eigenvalue weighted by Crippen LogP contribution is 2.31. The lowest BCUT2D eigenvalue weighted by atomic mass is 10.1. The van der Waals surface area contributed by atoms with Crippen molar-refractivity contribution in [2.45, 2.75) is 6.10 Å². The third-order valence-corrected chi connectivity index (χ3v) is 4.39. The number of ether oxygens (including phenoxy) is 2. The second-order valence-electron chi connectivity index (χ2n) is 5.08. The van der Waals surface area contributed by atoms with Gasteiger partial charge in [0, 0.05) is 21.7 Å². The van der Waals surface area contributed by atoms with Crippen LogP contribution in [0.4, 0.5) is 8.78 Å². The van der Waals surface area contributed by atoms with Crippen molar-refractivity contribution >= 4 is 28.5 Å². The molecule has 2 aromatic carbocycles. The molecule has 8 heteroatoms. The first-order chi connectivity index (χ1) is 11.9. The maximum atomic E-state index is 13.7. The largest absolute Gasteiger partial charge is 0.493 e.